The number of nitrogens with zero attached hydrogens (tertiary/aromatic N) is 1. The Morgan fingerprint density at radius 2 is 1.74 bits per heavy atom. The van der Waals surface area contributed by atoms with E-state index >= 15 is 0 Å². The lowest BCUT2D eigenvalue weighted by Crippen LogP contribution is -2.20. The first kappa shape index (κ1) is 17.5. The molecular weight excluding hydrogens is 332 g/mol. The third-order valence-corrected chi connectivity index (χ3v) is 4.97. The highest BCUT2D eigenvalue weighted by Crippen LogP contribution is 2.31. The summed E-state index contributed by atoms with van der Waals surface area (Å²) >= 11 is 0. The van der Waals surface area contributed by atoms with Crippen LogP contribution in [-0.2, 0) is 6.42 Å². The second-order valence-corrected chi connectivity index (χ2v) is 6.85. The molecule has 0 amide bonds. The van der Waals surface area contributed by atoms with Crippen LogP contribution in [0.3, 0.4) is 0 Å². The van der Waals surface area contributed by atoms with Crippen LogP contribution in [0.15, 0.2) is 83.5 Å². The van der Waals surface area contributed by atoms with Gasteiger partial charge < -0.3 is 9.73 Å². The molecule has 0 spiro atoms. The summed E-state index contributed by atoms with van der Waals surface area (Å²) in [4.78, 5) is 4.05. The third-order valence-electron chi connectivity index (χ3n) is 4.97. The van der Waals surface area contributed by atoms with Crippen molar-refractivity contribution in [1.29, 1.82) is 0 Å². The summed E-state index contributed by atoms with van der Waals surface area (Å²) in [6, 6.07) is 23.5. The van der Waals surface area contributed by atoms with Crippen molar-refractivity contribution >= 4 is 0 Å². The van der Waals surface area contributed by atoms with Crippen LogP contribution in [0.4, 0.5) is 0 Å². The molecule has 1 N–H and O–H groups in total. The number of nitrogens with one attached hydrogen (secondary N) is 1. The maximum absolute atomic E-state index is 5.96. The molecule has 0 radical (unpaired) electrons. The normalized spacial score (nSPS) is 12.3. The molecule has 0 saturated heterocycles. The fourth-order valence-electron chi connectivity index (χ4n) is 3.49. The Bertz CT molecular complexity index is 961. The number of hydrogen-bond donors (Lipinski definition) is 1. The lowest BCUT2D eigenvalue weighted by Gasteiger charge is -2.14. The average Bonchev–Trinajstić information content (AvgIpc) is 3.27. The topological polar surface area (TPSA) is 38.1 Å². The molecule has 3 heteroatoms. The first-order chi connectivity index (χ1) is 13.3. The van der Waals surface area contributed by atoms with Gasteiger partial charge in [0, 0.05) is 30.4 Å². The molecule has 3 nitrogen and oxygen atoms in total. The van der Waals surface area contributed by atoms with Crippen LogP contribution in [0.25, 0.3) is 22.5 Å². The molecule has 1 unspecified atom stereocenters. The average molecular weight is 356 g/mol. The van der Waals surface area contributed by atoms with E-state index in [-0.39, 0.29) is 0 Å². The van der Waals surface area contributed by atoms with E-state index in [1.54, 1.807) is 12.4 Å². The molecule has 1 atom stereocenters. The minimum atomic E-state index is 0.328. The zero-order valence-electron chi connectivity index (χ0n) is 15.6. The van der Waals surface area contributed by atoms with Crippen LogP contribution in [0.2, 0.25) is 0 Å². The number of fused-ring (bicyclic) bond motifs is 1. The van der Waals surface area contributed by atoms with Gasteiger partial charge in [0.15, 0.2) is 0 Å². The predicted molar refractivity (Wildman–Crippen MR) is 110 cm³/mol. The minimum Gasteiger partial charge on any atom is -0.461 e. The summed E-state index contributed by atoms with van der Waals surface area (Å²) in [5.41, 5.74) is 5.05. The van der Waals surface area contributed by atoms with Crippen LogP contribution in [0.1, 0.15) is 30.7 Å². The van der Waals surface area contributed by atoms with Gasteiger partial charge in [0.05, 0.1) is 0 Å². The van der Waals surface area contributed by atoms with Gasteiger partial charge in [0.1, 0.15) is 11.5 Å². The largest absolute Gasteiger partial charge is 0.461 e. The van der Waals surface area contributed by atoms with E-state index in [9.17, 15) is 0 Å². The van der Waals surface area contributed by atoms with Crippen LogP contribution >= 0.6 is 0 Å². The zero-order chi connectivity index (χ0) is 18.5. The maximum atomic E-state index is 5.96. The summed E-state index contributed by atoms with van der Waals surface area (Å²) < 4.78 is 5.96. The fraction of sp³-hybridized carbons (Fsp3) is 0.208. The van der Waals surface area contributed by atoms with E-state index in [0.29, 0.717) is 6.04 Å². The molecule has 4 rings (SSSR count). The quantitative estimate of drug-likeness (QED) is 0.430. The van der Waals surface area contributed by atoms with Crippen LogP contribution in [-0.4, -0.2) is 11.5 Å². The summed E-state index contributed by atoms with van der Waals surface area (Å²) in [5, 5.41) is 3.65. The highest BCUT2D eigenvalue weighted by Gasteiger charge is 2.13. The molecule has 0 fully saturated rings. The number of rotatable bonds is 7. The first-order valence-corrected chi connectivity index (χ1v) is 9.51. The Labute approximate surface area is 160 Å². The van der Waals surface area contributed by atoms with Crippen molar-refractivity contribution in [1.82, 2.24) is 10.3 Å². The van der Waals surface area contributed by atoms with Gasteiger partial charge in [0.25, 0.3) is 0 Å². The van der Waals surface area contributed by atoms with Crippen LogP contribution in [0, 0.1) is 0 Å². The molecular formula is C24H24N2O. The van der Waals surface area contributed by atoms with Crippen molar-refractivity contribution < 1.29 is 4.42 Å². The minimum absolute atomic E-state index is 0.328. The predicted octanol–water partition coefficient (Wildman–Crippen LogP) is 5.73. The molecule has 27 heavy (non-hydrogen) atoms. The summed E-state index contributed by atoms with van der Waals surface area (Å²) in [6.07, 6.45) is 5.55. The van der Waals surface area contributed by atoms with Gasteiger partial charge in [0.2, 0.25) is 0 Å². The van der Waals surface area contributed by atoms with Crippen molar-refractivity contribution in [3.63, 3.8) is 0 Å². The molecule has 0 aromatic carbocycles. The molecule has 0 saturated carbocycles. The Kier molecular flexibility index (Phi) is 5.31. The smallest absolute Gasteiger partial charge is 0.134 e. The first-order valence-electron chi connectivity index (χ1n) is 9.51. The van der Waals surface area contributed by atoms with E-state index in [1.807, 2.05) is 18.2 Å². The Hall–Kier alpha value is -2.91. The maximum Gasteiger partial charge on any atom is 0.134 e. The monoisotopic (exact) mass is 356 g/mol. The Morgan fingerprint density at radius 3 is 2.63 bits per heavy atom. The zero-order valence-corrected chi connectivity index (χ0v) is 15.6. The number of pyridine rings is 1. The summed E-state index contributed by atoms with van der Waals surface area (Å²) in [5.74, 6) is 1.94. The summed E-state index contributed by atoms with van der Waals surface area (Å²) in [7, 11) is 0. The SMILES string of the molecule is CC(NCCCc1ccc(-c2ccncc2)o1)c1ccc2cccccc1-2. The number of furan rings is 1. The second-order valence-electron chi connectivity index (χ2n) is 6.85. The van der Waals surface area contributed by atoms with E-state index in [0.717, 1.165) is 36.5 Å². The van der Waals surface area contributed by atoms with Gasteiger partial charge in [-0.25, -0.2) is 0 Å². The fourth-order valence-corrected chi connectivity index (χ4v) is 3.49. The van der Waals surface area contributed by atoms with Gasteiger partial charge in [-0.3, -0.25) is 4.98 Å². The van der Waals surface area contributed by atoms with Gasteiger partial charge in [-0.2, -0.15) is 0 Å². The van der Waals surface area contributed by atoms with E-state index in [4.69, 9.17) is 4.42 Å². The van der Waals surface area contributed by atoms with E-state index < -0.39 is 0 Å². The lowest BCUT2D eigenvalue weighted by molar-refractivity contribution is 0.495. The Balaban J connectivity index is 1.30. The van der Waals surface area contributed by atoms with Crippen molar-refractivity contribution in [2.45, 2.75) is 25.8 Å². The van der Waals surface area contributed by atoms with Gasteiger partial charge >= 0.3 is 0 Å². The summed E-state index contributed by atoms with van der Waals surface area (Å²) in [6.45, 7) is 3.19. The van der Waals surface area contributed by atoms with E-state index in [1.165, 1.54) is 16.7 Å². The van der Waals surface area contributed by atoms with Crippen LogP contribution in [0.5, 0.6) is 0 Å². The van der Waals surface area contributed by atoms with Crippen molar-refractivity contribution in [3.8, 4) is 22.5 Å². The highest BCUT2D eigenvalue weighted by atomic mass is 16.3. The number of aromatic nitrogens is 1. The van der Waals surface area contributed by atoms with Crippen molar-refractivity contribution in [2.75, 3.05) is 6.54 Å². The van der Waals surface area contributed by atoms with Crippen molar-refractivity contribution in [3.05, 3.63) is 90.4 Å². The van der Waals surface area contributed by atoms with Crippen LogP contribution < -0.4 is 5.32 Å². The molecule has 0 bridgehead atoms. The standard InChI is InChI=1S/C24H24N2O/c1-18(22-11-9-19-6-3-2-4-8-23(19)22)26-15-5-7-21-10-12-24(27-21)20-13-16-25-17-14-20/h2-4,6,8-14,16-18,26H,5,7,15H2,1H3. The molecule has 0 aliphatic heterocycles. The molecule has 136 valence electrons. The molecule has 2 aliphatic carbocycles. The number of hydrogen-bond acceptors (Lipinski definition) is 3. The molecule has 2 aliphatic rings. The molecule has 2 aromatic rings. The highest BCUT2D eigenvalue weighted by molar-refractivity contribution is 5.70. The van der Waals surface area contributed by atoms with Gasteiger partial charge in [-0.1, -0.05) is 42.5 Å². The second kappa shape index (κ2) is 8.19. The van der Waals surface area contributed by atoms with Gasteiger partial charge in [-0.15, -0.1) is 0 Å². The lowest BCUT2D eigenvalue weighted by atomic mass is 10.0. The Morgan fingerprint density at radius 1 is 0.889 bits per heavy atom. The van der Waals surface area contributed by atoms with Gasteiger partial charge in [-0.05, 0) is 60.8 Å². The molecule has 2 heterocycles. The number of aryl methyl sites for hydroxylation is 1. The van der Waals surface area contributed by atoms with Crippen molar-refractivity contribution in [2.24, 2.45) is 0 Å². The third kappa shape index (κ3) is 4.09. The van der Waals surface area contributed by atoms with E-state index in [2.05, 4.69) is 65.8 Å². The molecule has 2 aromatic heterocycles.